The quantitative estimate of drug-likeness (QED) is 0.907. The summed E-state index contributed by atoms with van der Waals surface area (Å²) in [5.41, 5.74) is 8.13. The van der Waals surface area contributed by atoms with E-state index in [4.69, 9.17) is 5.73 Å². The zero-order chi connectivity index (χ0) is 16.2. The third-order valence-electron chi connectivity index (χ3n) is 4.45. The summed E-state index contributed by atoms with van der Waals surface area (Å²) in [6.07, 6.45) is 2.17. The van der Waals surface area contributed by atoms with Crippen molar-refractivity contribution in [2.24, 2.45) is 5.73 Å². The van der Waals surface area contributed by atoms with Gasteiger partial charge in [-0.25, -0.2) is 4.39 Å². The van der Waals surface area contributed by atoms with Crippen LogP contribution in [-0.2, 0) is 4.79 Å². The van der Waals surface area contributed by atoms with Gasteiger partial charge in [0.1, 0.15) is 5.82 Å². The highest BCUT2D eigenvalue weighted by Crippen LogP contribution is 2.33. The van der Waals surface area contributed by atoms with Crippen molar-refractivity contribution >= 4 is 18.3 Å². The molecule has 1 fully saturated rings. The fraction of sp³-hybridized carbons (Fsp3) is 0.316. The Balaban J connectivity index is 0.00000208. The molecule has 128 valence electrons. The van der Waals surface area contributed by atoms with Gasteiger partial charge in [0.05, 0.1) is 6.04 Å². The smallest absolute Gasteiger partial charge is 0.224 e. The second-order valence-corrected chi connectivity index (χ2v) is 6.02. The molecule has 0 radical (unpaired) electrons. The second kappa shape index (κ2) is 8.27. The second-order valence-electron chi connectivity index (χ2n) is 6.02. The maximum atomic E-state index is 13.1. The maximum Gasteiger partial charge on any atom is 0.224 e. The SMILES string of the molecule is Cl.NC(CC(=O)N1CCCC1c1ccc(F)cc1)c1ccccc1. The summed E-state index contributed by atoms with van der Waals surface area (Å²) in [7, 11) is 0. The lowest BCUT2D eigenvalue weighted by molar-refractivity contribution is -0.132. The Bertz CT molecular complexity index is 663. The van der Waals surface area contributed by atoms with Crippen LogP contribution in [0.2, 0.25) is 0 Å². The predicted molar refractivity (Wildman–Crippen MR) is 95.3 cm³/mol. The Kier molecular flexibility index (Phi) is 6.35. The summed E-state index contributed by atoms with van der Waals surface area (Å²) >= 11 is 0. The minimum absolute atomic E-state index is 0. The number of halogens is 2. The molecular weight excluding hydrogens is 327 g/mol. The Labute approximate surface area is 148 Å². The van der Waals surface area contributed by atoms with Gasteiger partial charge in [0.25, 0.3) is 0 Å². The fourth-order valence-electron chi connectivity index (χ4n) is 3.22. The standard InChI is InChI=1S/C19H21FN2O.ClH/c20-16-10-8-15(9-11-16)18-7-4-12-22(18)19(23)13-17(21)14-5-2-1-3-6-14;/h1-3,5-6,8-11,17-18H,4,7,12-13,21H2;1H. The molecule has 24 heavy (non-hydrogen) atoms. The van der Waals surface area contributed by atoms with Gasteiger partial charge in [-0.1, -0.05) is 42.5 Å². The first-order chi connectivity index (χ1) is 11.1. The first-order valence-electron chi connectivity index (χ1n) is 8.00. The van der Waals surface area contributed by atoms with E-state index >= 15 is 0 Å². The van der Waals surface area contributed by atoms with Gasteiger partial charge in [0.2, 0.25) is 5.91 Å². The van der Waals surface area contributed by atoms with Crippen LogP contribution < -0.4 is 5.73 Å². The van der Waals surface area contributed by atoms with Crippen molar-refractivity contribution in [3.05, 3.63) is 71.5 Å². The molecule has 2 N–H and O–H groups in total. The monoisotopic (exact) mass is 348 g/mol. The van der Waals surface area contributed by atoms with Crippen molar-refractivity contribution in [1.29, 1.82) is 0 Å². The summed E-state index contributed by atoms with van der Waals surface area (Å²) in [4.78, 5) is 14.5. The molecule has 1 aliphatic rings. The molecule has 0 aromatic heterocycles. The Hall–Kier alpha value is -1.91. The average Bonchev–Trinajstić information content (AvgIpc) is 3.06. The van der Waals surface area contributed by atoms with Crippen LogP contribution in [0.1, 0.15) is 42.5 Å². The normalized spacial score (nSPS) is 18.1. The number of hydrogen-bond donors (Lipinski definition) is 1. The highest BCUT2D eigenvalue weighted by Gasteiger charge is 2.30. The van der Waals surface area contributed by atoms with Crippen LogP contribution in [-0.4, -0.2) is 17.4 Å². The molecular formula is C19H22ClFN2O. The van der Waals surface area contributed by atoms with Crippen molar-refractivity contribution in [3.8, 4) is 0 Å². The predicted octanol–water partition coefficient (Wildman–Crippen LogP) is 4.00. The first-order valence-corrected chi connectivity index (χ1v) is 8.00. The number of nitrogens with two attached hydrogens (primary N) is 1. The Morgan fingerprint density at radius 1 is 1.17 bits per heavy atom. The number of carbonyl (C=O) groups is 1. The molecule has 2 aromatic carbocycles. The van der Waals surface area contributed by atoms with E-state index in [-0.39, 0.29) is 36.2 Å². The van der Waals surface area contributed by atoms with Crippen LogP contribution in [0.4, 0.5) is 4.39 Å². The van der Waals surface area contributed by atoms with E-state index in [0.29, 0.717) is 6.42 Å². The van der Waals surface area contributed by atoms with Crippen molar-refractivity contribution in [2.75, 3.05) is 6.54 Å². The van der Waals surface area contributed by atoms with E-state index in [1.165, 1.54) is 12.1 Å². The lowest BCUT2D eigenvalue weighted by atomic mass is 10.0. The van der Waals surface area contributed by atoms with E-state index < -0.39 is 0 Å². The van der Waals surface area contributed by atoms with Crippen molar-refractivity contribution < 1.29 is 9.18 Å². The average molecular weight is 349 g/mol. The number of hydrogen-bond acceptors (Lipinski definition) is 2. The third-order valence-corrected chi connectivity index (χ3v) is 4.45. The molecule has 1 aliphatic heterocycles. The number of carbonyl (C=O) groups excluding carboxylic acids is 1. The molecule has 1 amide bonds. The molecule has 0 bridgehead atoms. The van der Waals surface area contributed by atoms with Gasteiger partial charge in [-0.3, -0.25) is 4.79 Å². The van der Waals surface area contributed by atoms with E-state index in [9.17, 15) is 9.18 Å². The number of rotatable bonds is 4. The molecule has 2 atom stereocenters. The third kappa shape index (κ3) is 4.13. The summed E-state index contributed by atoms with van der Waals surface area (Å²) in [5, 5.41) is 0. The van der Waals surface area contributed by atoms with Gasteiger partial charge < -0.3 is 10.6 Å². The summed E-state index contributed by atoms with van der Waals surface area (Å²) in [6.45, 7) is 0.738. The molecule has 2 unspecified atom stereocenters. The molecule has 2 aromatic rings. The van der Waals surface area contributed by atoms with E-state index in [2.05, 4.69) is 0 Å². The Morgan fingerprint density at radius 2 is 1.83 bits per heavy atom. The number of benzene rings is 2. The highest BCUT2D eigenvalue weighted by molar-refractivity contribution is 5.85. The van der Waals surface area contributed by atoms with E-state index in [1.807, 2.05) is 35.2 Å². The minimum Gasteiger partial charge on any atom is -0.336 e. The summed E-state index contributed by atoms with van der Waals surface area (Å²) in [5.74, 6) is -0.191. The van der Waals surface area contributed by atoms with Crippen LogP contribution in [0.25, 0.3) is 0 Å². The highest BCUT2D eigenvalue weighted by atomic mass is 35.5. The fourth-order valence-corrected chi connectivity index (χ4v) is 3.22. The largest absolute Gasteiger partial charge is 0.336 e. The van der Waals surface area contributed by atoms with Gasteiger partial charge in [0, 0.05) is 19.0 Å². The minimum atomic E-state index is -0.293. The van der Waals surface area contributed by atoms with Crippen molar-refractivity contribution in [1.82, 2.24) is 4.90 Å². The molecule has 0 spiro atoms. The lowest BCUT2D eigenvalue weighted by Gasteiger charge is -2.26. The first kappa shape index (κ1) is 18.4. The zero-order valence-corrected chi connectivity index (χ0v) is 14.2. The molecule has 0 saturated carbocycles. The molecule has 3 nitrogen and oxygen atoms in total. The van der Waals surface area contributed by atoms with Crippen LogP contribution in [0.5, 0.6) is 0 Å². The Morgan fingerprint density at radius 3 is 2.50 bits per heavy atom. The van der Waals surface area contributed by atoms with Gasteiger partial charge in [-0.05, 0) is 36.1 Å². The van der Waals surface area contributed by atoms with Crippen LogP contribution in [0.15, 0.2) is 54.6 Å². The van der Waals surface area contributed by atoms with Crippen molar-refractivity contribution in [3.63, 3.8) is 0 Å². The molecule has 1 heterocycles. The van der Waals surface area contributed by atoms with Gasteiger partial charge in [-0.2, -0.15) is 0 Å². The lowest BCUT2D eigenvalue weighted by Crippen LogP contribution is -2.33. The number of amides is 1. The zero-order valence-electron chi connectivity index (χ0n) is 13.4. The summed E-state index contributed by atoms with van der Waals surface area (Å²) in [6, 6.07) is 15.9. The van der Waals surface area contributed by atoms with E-state index in [0.717, 1.165) is 30.5 Å². The molecule has 3 rings (SSSR count). The van der Waals surface area contributed by atoms with Gasteiger partial charge in [-0.15, -0.1) is 12.4 Å². The van der Waals surface area contributed by atoms with E-state index in [1.54, 1.807) is 12.1 Å². The number of nitrogens with zero attached hydrogens (tertiary/aromatic N) is 1. The summed E-state index contributed by atoms with van der Waals surface area (Å²) < 4.78 is 13.1. The van der Waals surface area contributed by atoms with Gasteiger partial charge >= 0.3 is 0 Å². The topological polar surface area (TPSA) is 46.3 Å². The van der Waals surface area contributed by atoms with Crippen molar-refractivity contribution in [2.45, 2.75) is 31.3 Å². The van der Waals surface area contributed by atoms with Crippen LogP contribution in [0.3, 0.4) is 0 Å². The van der Waals surface area contributed by atoms with Crippen LogP contribution >= 0.6 is 12.4 Å². The van der Waals surface area contributed by atoms with Gasteiger partial charge in [0.15, 0.2) is 0 Å². The molecule has 1 saturated heterocycles. The molecule has 5 heteroatoms. The maximum absolute atomic E-state index is 13.1. The molecule has 0 aliphatic carbocycles. The van der Waals surface area contributed by atoms with Crippen LogP contribution in [0, 0.1) is 5.82 Å². The number of likely N-dealkylation sites (tertiary alicyclic amines) is 1.